The third-order valence-corrected chi connectivity index (χ3v) is 4.56. The number of methoxy groups -OCH3 is 1. The molecule has 0 unspecified atom stereocenters. The van der Waals surface area contributed by atoms with E-state index in [9.17, 15) is 14.4 Å². The Bertz CT molecular complexity index is 1110. The number of H-pyrrole nitrogens is 2. The van der Waals surface area contributed by atoms with E-state index < -0.39 is 11.2 Å². The Balaban J connectivity index is 1.51. The van der Waals surface area contributed by atoms with Crippen LogP contribution in [-0.2, 0) is 18.3 Å². The van der Waals surface area contributed by atoms with Gasteiger partial charge in [0.2, 0.25) is 5.91 Å². The summed E-state index contributed by atoms with van der Waals surface area (Å²) in [5.41, 5.74) is -0.576. The molecular formula is C19H23N5O5. The molecule has 2 aromatic heterocycles. The molecule has 0 fully saturated rings. The first-order chi connectivity index (χ1) is 13.9. The first-order valence-corrected chi connectivity index (χ1v) is 9.07. The maximum atomic E-state index is 12.3. The Morgan fingerprint density at radius 1 is 1.17 bits per heavy atom. The number of aryl methyl sites for hydroxylation is 2. The van der Waals surface area contributed by atoms with Crippen molar-refractivity contribution in [3.05, 3.63) is 50.9 Å². The van der Waals surface area contributed by atoms with E-state index in [-0.39, 0.29) is 23.5 Å². The zero-order chi connectivity index (χ0) is 21.0. The molecule has 3 rings (SSSR count). The van der Waals surface area contributed by atoms with E-state index in [1.165, 1.54) is 11.6 Å². The average Bonchev–Trinajstić information content (AvgIpc) is 3.16. The zero-order valence-electron chi connectivity index (χ0n) is 16.5. The average molecular weight is 401 g/mol. The second-order valence-electron chi connectivity index (χ2n) is 6.54. The number of aromatic amines is 2. The zero-order valence-corrected chi connectivity index (χ0v) is 16.5. The maximum Gasteiger partial charge on any atom is 0.329 e. The molecule has 0 aliphatic carbocycles. The Morgan fingerprint density at radius 2 is 1.86 bits per heavy atom. The highest BCUT2D eigenvalue weighted by Gasteiger charge is 2.14. The van der Waals surface area contributed by atoms with Crippen LogP contribution in [0.2, 0.25) is 0 Å². The van der Waals surface area contributed by atoms with Crippen LogP contribution in [0.5, 0.6) is 11.5 Å². The number of carbonyl (C=O) groups excluding carboxylic acids is 1. The van der Waals surface area contributed by atoms with Crippen LogP contribution in [0.15, 0.2) is 33.9 Å². The van der Waals surface area contributed by atoms with Crippen LogP contribution in [0.25, 0.3) is 11.2 Å². The van der Waals surface area contributed by atoms with Gasteiger partial charge in [-0.1, -0.05) is 0 Å². The summed E-state index contributed by atoms with van der Waals surface area (Å²) in [5, 5.41) is 0. The quantitative estimate of drug-likeness (QED) is 0.564. The van der Waals surface area contributed by atoms with Gasteiger partial charge in [0.25, 0.3) is 5.56 Å². The van der Waals surface area contributed by atoms with Crippen molar-refractivity contribution in [2.45, 2.75) is 12.8 Å². The molecule has 0 bridgehead atoms. The predicted molar refractivity (Wildman–Crippen MR) is 106 cm³/mol. The number of imidazole rings is 1. The number of hydrogen-bond acceptors (Lipinski definition) is 6. The van der Waals surface area contributed by atoms with Crippen LogP contribution in [0.1, 0.15) is 12.2 Å². The van der Waals surface area contributed by atoms with Gasteiger partial charge in [-0.05, 0) is 24.3 Å². The molecule has 154 valence electrons. The smallest absolute Gasteiger partial charge is 0.329 e. The minimum atomic E-state index is -0.534. The Hall–Kier alpha value is -3.56. The number of carbonyl (C=O) groups is 1. The molecule has 3 aromatic rings. The van der Waals surface area contributed by atoms with Crippen molar-refractivity contribution in [3.63, 3.8) is 0 Å². The first-order valence-electron chi connectivity index (χ1n) is 9.07. The molecule has 0 atom stereocenters. The molecular weight excluding hydrogens is 378 g/mol. The lowest BCUT2D eigenvalue weighted by molar-refractivity contribution is -0.130. The first kappa shape index (κ1) is 20.2. The fourth-order valence-electron chi connectivity index (χ4n) is 2.78. The van der Waals surface area contributed by atoms with Crippen LogP contribution < -0.4 is 20.7 Å². The Morgan fingerprint density at radius 3 is 2.55 bits per heavy atom. The maximum absolute atomic E-state index is 12.3. The number of fused-ring (bicyclic) bond motifs is 1. The number of aromatic nitrogens is 4. The number of rotatable bonds is 8. The van der Waals surface area contributed by atoms with Crippen molar-refractivity contribution in [1.82, 2.24) is 24.4 Å². The second-order valence-corrected chi connectivity index (χ2v) is 6.54. The molecule has 0 spiro atoms. The second kappa shape index (κ2) is 8.63. The highest BCUT2D eigenvalue weighted by atomic mass is 16.5. The minimum absolute atomic E-state index is 0.0772. The lowest BCUT2D eigenvalue weighted by Crippen LogP contribution is -2.31. The van der Waals surface area contributed by atoms with E-state index in [0.717, 1.165) is 5.75 Å². The number of nitrogens with zero attached hydrogens (tertiary/aromatic N) is 3. The number of likely N-dealkylation sites (N-methyl/N-ethyl adjacent to an activating group) is 1. The molecule has 0 aliphatic rings. The van der Waals surface area contributed by atoms with Gasteiger partial charge in [0, 0.05) is 26.9 Å². The summed E-state index contributed by atoms with van der Waals surface area (Å²) < 4.78 is 12.0. The van der Waals surface area contributed by atoms with E-state index in [4.69, 9.17) is 9.47 Å². The van der Waals surface area contributed by atoms with Crippen molar-refractivity contribution < 1.29 is 14.3 Å². The number of amides is 1. The van der Waals surface area contributed by atoms with Crippen LogP contribution in [0.4, 0.5) is 0 Å². The summed E-state index contributed by atoms with van der Waals surface area (Å²) in [4.78, 5) is 46.7. The normalized spacial score (nSPS) is 10.9. The SMILES string of the molecule is COc1ccc(OCCN(C)C(=O)CCc2nc3c([nH]2)c(=O)[nH]c(=O)n3C)cc1. The summed E-state index contributed by atoms with van der Waals surface area (Å²) in [6.07, 6.45) is 0.537. The summed E-state index contributed by atoms with van der Waals surface area (Å²) in [6, 6.07) is 7.21. The van der Waals surface area contributed by atoms with Gasteiger partial charge < -0.3 is 19.4 Å². The molecule has 0 saturated carbocycles. The molecule has 0 saturated heterocycles. The number of benzene rings is 1. The molecule has 1 amide bonds. The Labute approximate surface area is 166 Å². The van der Waals surface area contributed by atoms with Crippen LogP contribution in [-0.4, -0.2) is 57.6 Å². The molecule has 29 heavy (non-hydrogen) atoms. The summed E-state index contributed by atoms with van der Waals surface area (Å²) >= 11 is 0. The lowest BCUT2D eigenvalue weighted by Gasteiger charge is -2.17. The molecule has 2 heterocycles. The summed E-state index contributed by atoms with van der Waals surface area (Å²) in [7, 11) is 4.82. The third-order valence-electron chi connectivity index (χ3n) is 4.56. The molecule has 1 aromatic carbocycles. The van der Waals surface area contributed by atoms with Gasteiger partial charge in [-0.25, -0.2) is 9.78 Å². The summed E-state index contributed by atoms with van der Waals surface area (Å²) in [6.45, 7) is 0.788. The number of hydrogen-bond donors (Lipinski definition) is 2. The largest absolute Gasteiger partial charge is 0.497 e. The minimum Gasteiger partial charge on any atom is -0.497 e. The van der Waals surface area contributed by atoms with Gasteiger partial charge in [0.15, 0.2) is 5.65 Å². The van der Waals surface area contributed by atoms with Gasteiger partial charge >= 0.3 is 5.69 Å². The van der Waals surface area contributed by atoms with Crippen molar-refractivity contribution in [3.8, 4) is 11.5 Å². The van der Waals surface area contributed by atoms with Crippen molar-refractivity contribution in [2.24, 2.45) is 7.05 Å². The Kier molecular flexibility index (Phi) is 6.01. The van der Waals surface area contributed by atoms with E-state index in [1.807, 2.05) is 0 Å². The molecule has 0 radical (unpaired) electrons. The highest BCUT2D eigenvalue weighted by molar-refractivity contribution is 5.76. The van der Waals surface area contributed by atoms with Crippen molar-refractivity contribution in [1.29, 1.82) is 0 Å². The van der Waals surface area contributed by atoms with Crippen molar-refractivity contribution >= 4 is 17.1 Å². The molecule has 2 N–H and O–H groups in total. The van der Waals surface area contributed by atoms with Gasteiger partial charge in [0.1, 0.15) is 29.4 Å². The predicted octanol–water partition coefficient (Wildman–Crippen LogP) is 0.429. The van der Waals surface area contributed by atoms with Crippen LogP contribution >= 0.6 is 0 Å². The van der Waals surface area contributed by atoms with Gasteiger partial charge in [-0.3, -0.25) is 19.1 Å². The van der Waals surface area contributed by atoms with Crippen molar-refractivity contribution in [2.75, 3.05) is 27.3 Å². The topological polar surface area (TPSA) is 122 Å². The monoisotopic (exact) mass is 401 g/mol. The standard InChI is InChI=1S/C19H23N5O5/c1-23(10-11-29-13-6-4-12(28-3)5-7-13)15(25)9-8-14-20-16-17(21-14)24(2)19(27)22-18(16)26/h4-7H,8-11H2,1-3H3,(H,20,21)(H,22,26,27). The lowest BCUT2D eigenvalue weighted by atomic mass is 10.2. The third kappa shape index (κ3) is 4.65. The molecule has 10 nitrogen and oxygen atoms in total. The van der Waals surface area contributed by atoms with Gasteiger partial charge in [-0.15, -0.1) is 0 Å². The van der Waals surface area contributed by atoms with Crippen LogP contribution in [0.3, 0.4) is 0 Å². The van der Waals surface area contributed by atoms with E-state index in [1.54, 1.807) is 43.3 Å². The summed E-state index contributed by atoms with van der Waals surface area (Å²) in [5.74, 6) is 1.84. The van der Waals surface area contributed by atoms with Gasteiger partial charge in [0.05, 0.1) is 13.7 Å². The van der Waals surface area contributed by atoms with Gasteiger partial charge in [-0.2, -0.15) is 0 Å². The molecule has 0 aliphatic heterocycles. The van der Waals surface area contributed by atoms with E-state index in [2.05, 4.69) is 15.0 Å². The fourth-order valence-corrected chi connectivity index (χ4v) is 2.78. The van der Waals surface area contributed by atoms with E-state index in [0.29, 0.717) is 31.1 Å². The molecule has 10 heteroatoms. The fraction of sp³-hybridized carbons (Fsp3) is 0.368. The number of ether oxygens (including phenoxy) is 2. The van der Waals surface area contributed by atoms with Crippen LogP contribution in [0, 0.1) is 0 Å². The van der Waals surface area contributed by atoms with E-state index >= 15 is 0 Å². The number of nitrogens with one attached hydrogen (secondary N) is 2. The highest BCUT2D eigenvalue weighted by Crippen LogP contribution is 2.16.